The van der Waals surface area contributed by atoms with E-state index in [2.05, 4.69) is 12.2 Å². The number of hydrogen-bond acceptors (Lipinski definition) is 3. The Bertz CT molecular complexity index is 1130. The van der Waals surface area contributed by atoms with Crippen LogP contribution in [0.25, 0.3) is 0 Å². The van der Waals surface area contributed by atoms with Gasteiger partial charge < -0.3 is 9.47 Å². The molecule has 0 aliphatic rings. The second kappa shape index (κ2) is 12.7. The maximum atomic E-state index is 14.7. The Morgan fingerprint density at radius 1 is 0.743 bits per heavy atom. The lowest BCUT2D eigenvalue weighted by molar-refractivity contribution is -0.185. The summed E-state index contributed by atoms with van der Waals surface area (Å²) in [5.74, 6) is -0.290. The summed E-state index contributed by atoms with van der Waals surface area (Å²) >= 11 is 0. The highest BCUT2D eigenvalue weighted by Crippen LogP contribution is 2.32. The quantitative estimate of drug-likeness (QED) is 0.160. The molecule has 182 valence electrons. The number of halogens is 2. The van der Waals surface area contributed by atoms with Gasteiger partial charge in [-0.1, -0.05) is 48.6 Å². The number of hydrogen-bond donors (Lipinski definition) is 0. The number of allylic oxidation sites excluding steroid dienone is 4. The van der Waals surface area contributed by atoms with Crippen LogP contribution in [0, 0.1) is 0 Å². The Labute approximate surface area is 205 Å². The van der Waals surface area contributed by atoms with Crippen LogP contribution >= 0.6 is 0 Å². The number of carbonyl (C=O) groups excluding carboxylic acids is 1. The molecule has 3 aromatic carbocycles. The molecule has 0 heterocycles. The minimum absolute atomic E-state index is 0.0782. The third-order valence-electron chi connectivity index (χ3n) is 5.43. The standard InChI is InChI=1S/C30H30F2O3/c1-3-5-7-9-23-11-15-25(16-12-23)29(33)34-27-21-17-26(18-22-27)30(31,32)35-28-19-13-24(14-20-28)10-8-6-4-2/h3-6,11-22H,7-10H2,1-2H3/b5-3+,6-4+. The van der Waals surface area contributed by atoms with Crippen LogP contribution in [-0.4, -0.2) is 5.97 Å². The number of alkyl halides is 2. The molecule has 5 heteroatoms. The number of carbonyl (C=O) groups is 1. The van der Waals surface area contributed by atoms with E-state index in [0.29, 0.717) is 5.56 Å². The highest BCUT2D eigenvalue weighted by Gasteiger charge is 2.34. The maximum Gasteiger partial charge on any atom is 0.426 e. The second-order valence-electron chi connectivity index (χ2n) is 8.09. The van der Waals surface area contributed by atoms with Crippen LogP contribution in [0.1, 0.15) is 53.7 Å². The van der Waals surface area contributed by atoms with Crippen LogP contribution in [0.4, 0.5) is 8.78 Å². The molecule has 0 N–H and O–H groups in total. The molecule has 0 aliphatic heterocycles. The Kier molecular flexibility index (Phi) is 9.36. The van der Waals surface area contributed by atoms with Gasteiger partial charge in [0, 0.05) is 0 Å². The van der Waals surface area contributed by atoms with Crippen molar-refractivity contribution in [1.82, 2.24) is 0 Å². The van der Waals surface area contributed by atoms with Gasteiger partial charge in [0.05, 0.1) is 11.1 Å². The highest BCUT2D eigenvalue weighted by atomic mass is 19.3. The first-order chi connectivity index (χ1) is 16.9. The summed E-state index contributed by atoms with van der Waals surface area (Å²) in [5, 5.41) is 0. The van der Waals surface area contributed by atoms with E-state index in [1.807, 2.05) is 38.1 Å². The molecule has 3 nitrogen and oxygen atoms in total. The predicted molar refractivity (Wildman–Crippen MR) is 135 cm³/mol. The number of rotatable bonds is 11. The first-order valence-corrected chi connectivity index (χ1v) is 11.7. The Morgan fingerprint density at radius 3 is 1.74 bits per heavy atom. The molecule has 35 heavy (non-hydrogen) atoms. The molecule has 0 bridgehead atoms. The molecule has 0 atom stereocenters. The first-order valence-electron chi connectivity index (χ1n) is 11.7. The molecule has 0 unspecified atom stereocenters. The van der Waals surface area contributed by atoms with Gasteiger partial charge in [-0.25, -0.2) is 4.79 Å². The molecule has 0 spiro atoms. The number of aryl methyl sites for hydroxylation is 2. The summed E-state index contributed by atoms with van der Waals surface area (Å²) in [4.78, 5) is 12.4. The topological polar surface area (TPSA) is 35.5 Å². The third-order valence-corrected chi connectivity index (χ3v) is 5.43. The van der Waals surface area contributed by atoms with E-state index in [0.717, 1.165) is 36.8 Å². The van der Waals surface area contributed by atoms with E-state index >= 15 is 0 Å². The normalized spacial score (nSPS) is 11.8. The Hall–Kier alpha value is -3.73. The maximum absolute atomic E-state index is 14.7. The van der Waals surface area contributed by atoms with E-state index in [9.17, 15) is 13.6 Å². The van der Waals surface area contributed by atoms with Crippen LogP contribution < -0.4 is 9.47 Å². The fourth-order valence-electron chi connectivity index (χ4n) is 3.45. The van der Waals surface area contributed by atoms with E-state index in [1.54, 1.807) is 36.4 Å². The highest BCUT2D eigenvalue weighted by molar-refractivity contribution is 5.91. The minimum Gasteiger partial charge on any atom is -0.429 e. The van der Waals surface area contributed by atoms with Crippen molar-refractivity contribution in [2.45, 2.75) is 45.6 Å². The number of benzene rings is 3. The average Bonchev–Trinajstić information content (AvgIpc) is 2.86. The van der Waals surface area contributed by atoms with Gasteiger partial charge in [0.1, 0.15) is 11.5 Å². The molecule has 0 saturated heterocycles. The van der Waals surface area contributed by atoms with E-state index in [4.69, 9.17) is 9.47 Å². The molecule has 3 rings (SSSR count). The van der Waals surface area contributed by atoms with Gasteiger partial charge >= 0.3 is 12.1 Å². The van der Waals surface area contributed by atoms with Crippen molar-refractivity contribution in [3.63, 3.8) is 0 Å². The summed E-state index contributed by atoms with van der Waals surface area (Å²) in [6, 6.07) is 18.9. The van der Waals surface area contributed by atoms with Crippen LogP contribution in [0.2, 0.25) is 0 Å². The summed E-state index contributed by atoms with van der Waals surface area (Å²) in [5.41, 5.74) is 2.23. The summed E-state index contributed by atoms with van der Waals surface area (Å²) < 4.78 is 39.6. The van der Waals surface area contributed by atoms with Gasteiger partial charge in [0.15, 0.2) is 0 Å². The van der Waals surface area contributed by atoms with Crippen molar-refractivity contribution >= 4 is 5.97 Å². The molecule has 0 aromatic heterocycles. The number of esters is 1. The second-order valence-corrected chi connectivity index (χ2v) is 8.09. The van der Waals surface area contributed by atoms with E-state index < -0.39 is 12.1 Å². The van der Waals surface area contributed by atoms with Gasteiger partial charge in [-0.05, 0) is 99.2 Å². The Morgan fingerprint density at radius 2 is 1.23 bits per heavy atom. The van der Waals surface area contributed by atoms with Crippen molar-refractivity contribution < 1.29 is 23.0 Å². The fraction of sp³-hybridized carbons (Fsp3) is 0.233. The lowest BCUT2D eigenvalue weighted by Crippen LogP contribution is -2.21. The minimum atomic E-state index is -3.53. The van der Waals surface area contributed by atoms with Crippen molar-refractivity contribution in [2.24, 2.45) is 0 Å². The molecule has 0 fully saturated rings. The zero-order valence-electron chi connectivity index (χ0n) is 20.0. The Balaban J connectivity index is 1.57. The van der Waals surface area contributed by atoms with Gasteiger partial charge in [0.2, 0.25) is 0 Å². The van der Waals surface area contributed by atoms with Crippen LogP contribution in [0.5, 0.6) is 11.5 Å². The van der Waals surface area contributed by atoms with Crippen molar-refractivity contribution in [3.05, 3.63) is 119 Å². The molecule has 0 amide bonds. The fourth-order valence-corrected chi connectivity index (χ4v) is 3.45. The average molecular weight is 477 g/mol. The van der Waals surface area contributed by atoms with Crippen molar-refractivity contribution in [3.8, 4) is 11.5 Å². The molecular formula is C30H30F2O3. The molecular weight excluding hydrogens is 446 g/mol. The summed E-state index contributed by atoms with van der Waals surface area (Å²) in [7, 11) is 0. The number of ether oxygens (including phenoxy) is 2. The lowest BCUT2D eigenvalue weighted by atomic mass is 10.1. The zero-order valence-corrected chi connectivity index (χ0v) is 20.0. The van der Waals surface area contributed by atoms with Gasteiger partial charge in [-0.2, -0.15) is 8.78 Å². The van der Waals surface area contributed by atoms with Crippen molar-refractivity contribution in [1.29, 1.82) is 0 Å². The largest absolute Gasteiger partial charge is 0.429 e. The smallest absolute Gasteiger partial charge is 0.426 e. The van der Waals surface area contributed by atoms with Crippen LogP contribution in [-0.2, 0) is 19.0 Å². The third kappa shape index (κ3) is 7.92. The van der Waals surface area contributed by atoms with E-state index in [-0.39, 0.29) is 17.1 Å². The van der Waals surface area contributed by atoms with Gasteiger partial charge in [-0.15, -0.1) is 0 Å². The SMILES string of the molecule is C/C=C/CCc1ccc(OC(F)(F)c2ccc(OC(=O)c3ccc(CC/C=C/C)cc3)cc2)cc1. The predicted octanol–water partition coefficient (Wildman–Crippen LogP) is 8.05. The molecule has 0 radical (unpaired) electrons. The zero-order chi connectivity index (χ0) is 25.1. The lowest BCUT2D eigenvalue weighted by Gasteiger charge is -2.18. The van der Waals surface area contributed by atoms with Crippen molar-refractivity contribution in [2.75, 3.05) is 0 Å². The molecule has 3 aromatic rings. The van der Waals surface area contributed by atoms with Crippen LogP contribution in [0.15, 0.2) is 97.1 Å². The summed E-state index contributed by atoms with van der Waals surface area (Å²) in [6.07, 6.45) is 8.15. The van der Waals surface area contributed by atoms with Crippen LogP contribution in [0.3, 0.4) is 0 Å². The summed E-state index contributed by atoms with van der Waals surface area (Å²) in [6.45, 7) is 3.94. The van der Waals surface area contributed by atoms with Gasteiger partial charge in [0.25, 0.3) is 0 Å². The molecule has 0 saturated carbocycles. The van der Waals surface area contributed by atoms with E-state index in [1.165, 1.54) is 24.3 Å². The molecule has 0 aliphatic carbocycles. The monoisotopic (exact) mass is 476 g/mol. The van der Waals surface area contributed by atoms with Gasteiger partial charge in [-0.3, -0.25) is 0 Å². The first kappa shape index (κ1) is 25.9.